The molecule has 0 aliphatic rings. The van der Waals surface area contributed by atoms with E-state index in [4.69, 9.17) is 5.11 Å². The van der Waals surface area contributed by atoms with Gasteiger partial charge >= 0.3 is 5.97 Å². The summed E-state index contributed by atoms with van der Waals surface area (Å²) >= 11 is 0. The lowest BCUT2D eigenvalue weighted by molar-refractivity contribution is 0.0697. The van der Waals surface area contributed by atoms with Crippen LogP contribution < -0.4 is 0 Å². The first-order chi connectivity index (χ1) is 9.24. The summed E-state index contributed by atoms with van der Waals surface area (Å²) in [5, 5.41) is 14.5. The van der Waals surface area contributed by atoms with E-state index in [1.165, 1.54) is 0 Å². The van der Waals surface area contributed by atoms with E-state index >= 15 is 0 Å². The quantitative estimate of drug-likeness (QED) is 0.522. The molecule has 0 unspecified atom stereocenters. The standard InChI is InChI=1S/C16H9NO2/c18-16(19)12-6-10-5-4-9-2-1-3-11-8-17-13(7-12)15(10)14(9)11/h1-8H,(H,18,19). The van der Waals surface area contributed by atoms with Crippen LogP contribution in [-0.2, 0) is 0 Å². The summed E-state index contributed by atoms with van der Waals surface area (Å²) in [6.07, 6.45) is 1.80. The topological polar surface area (TPSA) is 50.2 Å². The zero-order chi connectivity index (χ0) is 13.0. The normalized spacial score (nSPS) is 11.6. The Balaban J connectivity index is 2.32. The van der Waals surface area contributed by atoms with Crippen LogP contribution in [0.1, 0.15) is 10.4 Å². The van der Waals surface area contributed by atoms with Gasteiger partial charge in [-0.1, -0.05) is 30.3 Å². The number of carboxylic acid groups (broad SMARTS) is 1. The van der Waals surface area contributed by atoms with Crippen LogP contribution in [0, 0.1) is 0 Å². The van der Waals surface area contributed by atoms with Gasteiger partial charge in [-0.3, -0.25) is 4.98 Å². The molecule has 0 fully saturated rings. The smallest absolute Gasteiger partial charge is 0.335 e. The summed E-state index contributed by atoms with van der Waals surface area (Å²) in [6, 6.07) is 13.4. The van der Waals surface area contributed by atoms with Crippen molar-refractivity contribution in [2.75, 3.05) is 0 Å². The van der Waals surface area contributed by atoms with Crippen LogP contribution in [0.2, 0.25) is 0 Å². The fourth-order valence-electron chi connectivity index (χ4n) is 2.72. The lowest BCUT2D eigenvalue weighted by Gasteiger charge is -2.10. The molecule has 1 aromatic heterocycles. The molecule has 0 saturated carbocycles. The number of nitrogens with zero attached hydrogens (tertiary/aromatic N) is 1. The Morgan fingerprint density at radius 3 is 2.58 bits per heavy atom. The molecule has 0 saturated heterocycles. The molecule has 90 valence electrons. The molecule has 3 heteroatoms. The van der Waals surface area contributed by atoms with Crippen molar-refractivity contribution in [3.63, 3.8) is 0 Å². The van der Waals surface area contributed by atoms with Gasteiger partial charge in [0.15, 0.2) is 0 Å². The number of rotatable bonds is 1. The third-order valence-electron chi connectivity index (χ3n) is 3.56. The van der Waals surface area contributed by atoms with E-state index in [0.29, 0.717) is 0 Å². The first-order valence-electron chi connectivity index (χ1n) is 6.01. The second-order valence-electron chi connectivity index (χ2n) is 4.67. The maximum absolute atomic E-state index is 11.1. The lowest BCUT2D eigenvalue weighted by Crippen LogP contribution is -1.97. The van der Waals surface area contributed by atoms with Crippen molar-refractivity contribution in [1.82, 2.24) is 4.98 Å². The maximum Gasteiger partial charge on any atom is 0.335 e. The van der Waals surface area contributed by atoms with Crippen molar-refractivity contribution in [3.05, 3.63) is 54.2 Å². The molecule has 3 nitrogen and oxygen atoms in total. The minimum atomic E-state index is -0.924. The Labute approximate surface area is 108 Å². The highest BCUT2D eigenvalue weighted by atomic mass is 16.4. The number of carbonyl (C=O) groups is 1. The first-order valence-corrected chi connectivity index (χ1v) is 6.01. The highest BCUT2D eigenvalue weighted by Crippen LogP contribution is 2.33. The van der Waals surface area contributed by atoms with E-state index in [2.05, 4.69) is 11.1 Å². The Kier molecular flexibility index (Phi) is 1.85. The van der Waals surface area contributed by atoms with Gasteiger partial charge in [-0.2, -0.15) is 0 Å². The minimum absolute atomic E-state index is 0.276. The van der Waals surface area contributed by atoms with Crippen LogP contribution in [0.5, 0.6) is 0 Å². The molecule has 4 aromatic rings. The van der Waals surface area contributed by atoms with Crippen LogP contribution in [0.4, 0.5) is 0 Å². The molecule has 0 radical (unpaired) electrons. The number of pyridine rings is 1. The summed E-state index contributed by atoms with van der Waals surface area (Å²) in [5.74, 6) is -0.924. The van der Waals surface area contributed by atoms with Crippen molar-refractivity contribution in [3.8, 4) is 0 Å². The Hall–Kier alpha value is -2.68. The molecular weight excluding hydrogens is 238 g/mol. The van der Waals surface area contributed by atoms with Gasteiger partial charge in [-0.15, -0.1) is 0 Å². The predicted octanol–water partition coefficient (Wildman–Crippen LogP) is 3.68. The van der Waals surface area contributed by atoms with Crippen molar-refractivity contribution in [2.45, 2.75) is 0 Å². The molecule has 0 aliphatic heterocycles. The predicted molar refractivity (Wildman–Crippen MR) is 74.9 cm³/mol. The molecule has 0 bridgehead atoms. The van der Waals surface area contributed by atoms with Gasteiger partial charge in [0.05, 0.1) is 11.1 Å². The molecule has 1 N–H and O–H groups in total. The zero-order valence-electron chi connectivity index (χ0n) is 9.92. The van der Waals surface area contributed by atoms with Crippen LogP contribution >= 0.6 is 0 Å². The highest BCUT2D eigenvalue weighted by molar-refractivity contribution is 6.22. The molecule has 0 atom stereocenters. The lowest BCUT2D eigenvalue weighted by atomic mass is 9.96. The molecule has 19 heavy (non-hydrogen) atoms. The maximum atomic E-state index is 11.1. The summed E-state index contributed by atoms with van der Waals surface area (Å²) in [5.41, 5.74) is 1.01. The van der Waals surface area contributed by atoms with Crippen molar-refractivity contribution < 1.29 is 9.90 Å². The second-order valence-corrected chi connectivity index (χ2v) is 4.67. The monoisotopic (exact) mass is 247 g/mol. The molecule has 4 rings (SSSR count). The van der Waals surface area contributed by atoms with E-state index in [0.717, 1.165) is 32.4 Å². The molecule has 0 amide bonds. The summed E-state index contributed by atoms with van der Waals surface area (Å²) in [4.78, 5) is 15.5. The number of aromatic carboxylic acids is 1. The molecule has 0 aliphatic carbocycles. The van der Waals surface area contributed by atoms with E-state index in [1.807, 2.05) is 24.3 Å². The fourth-order valence-corrected chi connectivity index (χ4v) is 2.72. The summed E-state index contributed by atoms with van der Waals surface area (Å²) in [6.45, 7) is 0. The molecule has 1 heterocycles. The largest absolute Gasteiger partial charge is 0.478 e. The van der Waals surface area contributed by atoms with Gasteiger partial charge in [0.2, 0.25) is 0 Å². The van der Waals surface area contributed by atoms with Crippen molar-refractivity contribution in [1.29, 1.82) is 0 Å². The van der Waals surface area contributed by atoms with Gasteiger partial charge in [0.1, 0.15) is 0 Å². The first kappa shape index (κ1) is 10.3. The van der Waals surface area contributed by atoms with Gasteiger partial charge in [0.25, 0.3) is 0 Å². The van der Waals surface area contributed by atoms with Crippen LogP contribution in [-0.4, -0.2) is 16.1 Å². The molecule has 0 spiro atoms. The Morgan fingerprint density at radius 1 is 0.947 bits per heavy atom. The number of hydrogen-bond donors (Lipinski definition) is 1. The fraction of sp³-hybridized carbons (Fsp3) is 0. The average molecular weight is 247 g/mol. The van der Waals surface area contributed by atoms with Gasteiger partial charge < -0.3 is 5.11 Å². The molecular formula is C16H9NO2. The SMILES string of the molecule is O=C(O)c1cc2ccc3cccc4cnc(c1)c2c34. The van der Waals surface area contributed by atoms with Crippen LogP contribution in [0.3, 0.4) is 0 Å². The molecule has 3 aromatic carbocycles. The summed E-state index contributed by atoms with van der Waals surface area (Å²) < 4.78 is 0. The van der Waals surface area contributed by atoms with E-state index in [1.54, 1.807) is 18.3 Å². The van der Waals surface area contributed by atoms with Crippen molar-refractivity contribution >= 4 is 38.4 Å². The van der Waals surface area contributed by atoms with E-state index in [9.17, 15) is 4.79 Å². The van der Waals surface area contributed by atoms with Crippen LogP contribution in [0.25, 0.3) is 32.4 Å². The van der Waals surface area contributed by atoms with Gasteiger partial charge in [0, 0.05) is 22.4 Å². The Morgan fingerprint density at radius 2 is 1.74 bits per heavy atom. The highest BCUT2D eigenvalue weighted by Gasteiger charge is 2.12. The Bertz CT molecular complexity index is 880. The minimum Gasteiger partial charge on any atom is -0.478 e. The third-order valence-corrected chi connectivity index (χ3v) is 3.56. The summed E-state index contributed by atoms with van der Waals surface area (Å²) in [7, 11) is 0. The van der Waals surface area contributed by atoms with E-state index in [-0.39, 0.29) is 5.56 Å². The average Bonchev–Trinajstić information content (AvgIpc) is 2.44. The van der Waals surface area contributed by atoms with E-state index < -0.39 is 5.97 Å². The number of carboxylic acids is 1. The number of aromatic nitrogens is 1. The van der Waals surface area contributed by atoms with Crippen molar-refractivity contribution in [2.24, 2.45) is 0 Å². The second kappa shape index (κ2) is 3.42. The number of benzene rings is 3. The van der Waals surface area contributed by atoms with Crippen LogP contribution in [0.15, 0.2) is 48.7 Å². The van der Waals surface area contributed by atoms with Gasteiger partial charge in [-0.05, 0) is 22.9 Å². The van der Waals surface area contributed by atoms with Gasteiger partial charge in [-0.25, -0.2) is 4.79 Å². The third kappa shape index (κ3) is 1.32. The zero-order valence-corrected chi connectivity index (χ0v) is 9.92. The number of hydrogen-bond acceptors (Lipinski definition) is 2.